The predicted octanol–water partition coefficient (Wildman–Crippen LogP) is 1.94. The molecule has 0 aromatic carbocycles. The van der Waals surface area contributed by atoms with E-state index < -0.39 is 0 Å². The zero-order valence-corrected chi connectivity index (χ0v) is 12.2. The number of nitrogen functional groups attached to an aromatic ring is 1. The van der Waals surface area contributed by atoms with Gasteiger partial charge in [0.25, 0.3) is 0 Å². The number of nitrogens with one attached hydrogen (secondary N) is 1. The number of nitrogens with two attached hydrogens (primary N) is 1. The molecule has 1 aliphatic carbocycles. The molecule has 1 heterocycles. The fourth-order valence-electron chi connectivity index (χ4n) is 2.30. The summed E-state index contributed by atoms with van der Waals surface area (Å²) in [5, 5.41) is 4.00. The lowest BCUT2D eigenvalue weighted by atomic mass is 10.2. The third-order valence-electron chi connectivity index (χ3n) is 3.05. The van der Waals surface area contributed by atoms with Crippen LogP contribution >= 0.6 is 11.8 Å². The molecule has 106 valence electrons. The normalized spacial score (nSPS) is 22.4. The van der Waals surface area contributed by atoms with Gasteiger partial charge in [0.15, 0.2) is 0 Å². The monoisotopic (exact) mass is 283 g/mol. The number of ether oxygens (including phenoxy) is 1. The Kier molecular flexibility index (Phi) is 5.07. The molecule has 1 fully saturated rings. The van der Waals surface area contributed by atoms with E-state index in [1.807, 2.05) is 18.7 Å². The van der Waals surface area contributed by atoms with Crippen LogP contribution in [0.4, 0.5) is 11.9 Å². The highest BCUT2D eigenvalue weighted by molar-refractivity contribution is 7.99. The second-order valence-corrected chi connectivity index (χ2v) is 5.92. The van der Waals surface area contributed by atoms with Gasteiger partial charge in [-0.3, -0.25) is 0 Å². The van der Waals surface area contributed by atoms with Crippen LogP contribution in [0, 0.1) is 0 Å². The molecule has 7 heteroatoms. The van der Waals surface area contributed by atoms with Crippen LogP contribution in [0.25, 0.3) is 0 Å². The van der Waals surface area contributed by atoms with E-state index in [9.17, 15) is 0 Å². The van der Waals surface area contributed by atoms with Crippen molar-refractivity contribution in [2.75, 3.05) is 23.4 Å². The maximum absolute atomic E-state index is 5.67. The van der Waals surface area contributed by atoms with Crippen LogP contribution < -0.4 is 15.8 Å². The number of thioether (sulfide) groups is 1. The smallest absolute Gasteiger partial charge is 0.323 e. The first-order valence-electron chi connectivity index (χ1n) is 6.75. The molecule has 3 N–H and O–H groups in total. The van der Waals surface area contributed by atoms with E-state index in [-0.39, 0.29) is 12.0 Å². The van der Waals surface area contributed by atoms with Crippen LogP contribution in [0.2, 0.25) is 0 Å². The van der Waals surface area contributed by atoms with Gasteiger partial charge in [-0.1, -0.05) is 13.3 Å². The third-order valence-corrected chi connectivity index (χ3v) is 4.38. The molecule has 2 atom stereocenters. The Hall–Kier alpha value is -1.24. The molecule has 0 spiro atoms. The van der Waals surface area contributed by atoms with Gasteiger partial charge in [-0.25, -0.2) is 0 Å². The van der Waals surface area contributed by atoms with Gasteiger partial charge in [0.1, 0.15) is 0 Å². The van der Waals surface area contributed by atoms with Gasteiger partial charge in [-0.15, -0.1) is 0 Å². The molecular formula is C12H21N5OS. The topological polar surface area (TPSA) is 86.0 Å². The van der Waals surface area contributed by atoms with E-state index >= 15 is 0 Å². The number of aromatic nitrogens is 3. The summed E-state index contributed by atoms with van der Waals surface area (Å²) in [6.07, 6.45) is 3.64. The molecule has 6 nitrogen and oxygen atoms in total. The number of hydrogen-bond donors (Lipinski definition) is 2. The quantitative estimate of drug-likeness (QED) is 0.825. The second-order valence-electron chi connectivity index (χ2n) is 4.41. The zero-order chi connectivity index (χ0) is 13.7. The second kappa shape index (κ2) is 6.79. The van der Waals surface area contributed by atoms with Crippen LogP contribution in [0.1, 0.15) is 33.1 Å². The molecular weight excluding hydrogens is 262 g/mol. The summed E-state index contributed by atoms with van der Waals surface area (Å²) in [4.78, 5) is 12.3. The first-order chi connectivity index (χ1) is 9.22. The molecule has 0 amide bonds. The Morgan fingerprint density at radius 1 is 1.32 bits per heavy atom. The summed E-state index contributed by atoms with van der Waals surface area (Å²) in [7, 11) is 0. The van der Waals surface area contributed by atoms with Crippen molar-refractivity contribution in [3.8, 4) is 6.01 Å². The maximum Gasteiger partial charge on any atom is 0.323 e. The average Bonchev–Trinajstić information content (AvgIpc) is 2.77. The van der Waals surface area contributed by atoms with Crippen molar-refractivity contribution in [3.63, 3.8) is 0 Å². The van der Waals surface area contributed by atoms with Crippen LogP contribution in [-0.4, -0.2) is 38.6 Å². The molecule has 2 unspecified atom stereocenters. The Labute approximate surface area is 117 Å². The molecule has 1 aliphatic rings. The van der Waals surface area contributed by atoms with E-state index in [1.54, 1.807) is 0 Å². The van der Waals surface area contributed by atoms with E-state index in [0.717, 1.165) is 12.2 Å². The average molecular weight is 283 g/mol. The summed E-state index contributed by atoms with van der Waals surface area (Å²) >= 11 is 1.99. The molecule has 0 aliphatic heterocycles. The Morgan fingerprint density at radius 3 is 2.89 bits per heavy atom. The van der Waals surface area contributed by atoms with Gasteiger partial charge in [0.05, 0.1) is 6.61 Å². The molecule has 1 aromatic rings. The first-order valence-corrected chi connectivity index (χ1v) is 7.80. The number of anilines is 2. The van der Waals surface area contributed by atoms with Gasteiger partial charge in [0.2, 0.25) is 11.9 Å². The molecule has 0 bridgehead atoms. The Bertz CT molecular complexity index is 417. The summed E-state index contributed by atoms with van der Waals surface area (Å²) in [6, 6.07) is 0.691. The highest BCUT2D eigenvalue weighted by atomic mass is 32.2. The van der Waals surface area contributed by atoms with Crippen molar-refractivity contribution in [1.82, 2.24) is 15.0 Å². The maximum atomic E-state index is 5.67. The van der Waals surface area contributed by atoms with Gasteiger partial charge in [-0.05, 0) is 25.5 Å². The van der Waals surface area contributed by atoms with Crippen molar-refractivity contribution in [2.24, 2.45) is 0 Å². The summed E-state index contributed by atoms with van der Waals surface area (Å²) in [5.74, 6) is 1.84. The fourth-order valence-corrected chi connectivity index (χ4v) is 3.50. The summed E-state index contributed by atoms with van der Waals surface area (Å²) < 4.78 is 5.28. The SMILES string of the molecule is CCOc1nc(N)nc(NC2CCCC2SCC)n1. The van der Waals surface area contributed by atoms with Gasteiger partial charge in [-0.2, -0.15) is 26.7 Å². The number of rotatable bonds is 6. The van der Waals surface area contributed by atoms with Crippen molar-refractivity contribution < 1.29 is 4.74 Å². The van der Waals surface area contributed by atoms with E-state index in [2.05, 4.69) is 27.2 Å². The molecule has 0 radical (unpaired) electrons. The Morgan fingerprint density at radius 2 is 2.16 bits per heavy atom. The molecule has 0 saturated heterocycles. The van der Waals surface area contributed by atoms with Crippen LogP contribution in [0.15, 0.2) is 0 Å². The minimum atomic E-state index is 0.193. The van der Waals surface area contributed by atoms with E-state index in [0.29, 0.717) is 23.8 Å². The van der Waals surface area contributed by atoms with Crippen molar-refractivity contribution in [2.45, 2.75) is 44.4 Å². The predicted molar refractivity (Wildman–Crippen MR) is 78.6 cm³/mol. The Balaban J connectivity index is 2.05. The van der Waals surface area contributed by atoms with E-state index in [1.165, 1.54) is 12.8 Å². The zero-order valence-electron chi connectivity index (χ0n) is 11.4. The van der Waals surface area contributed by atoms with Gasteiger partial charge >= 0.3 is 6.01 Å². The first kappa shape index (κ1) is 14.2. The third kappa shape index (κ3) is 3.86. The summed E-state index contributed by atoms with van der Waals surface area (Å²) in [6.45, 7) is 4.59. The molecule has 1 saturated carbocycles. The van der Waals surface area contributed by atoms with Crippen molar-refractivity contribution >= 4 is 23.7 Å². The van der Waals surface area contributed by atoms with Crippen LogP contribution in [-0.2, 0) is 0 Å². The molecule has 2 rings (SSSR count). The van der Waals surface area contributed by atoms with Crippen molar-refractivity contribution in [3.05, 3.63) is 0 Å². The largest absolute Gasteiger partial charge is 0.464 e. The lowest BCUT2D eigenvalue weighted by molar-refractivity contribution is 0.312. The fraction of sp³-hybridized carbons (Fsp3) is 0.750. The number of nitrogens with zero attached hydrogens (tertiary/aromatic N) is 3. The van der Waals surface area contributed by atoms with Gasteiger partial charge < -0.3 is 15.8 Å². The van der Waals surface area contributed by atoms with Crippen molar-refractivity contribution in [1.29, 1.82) is 0 Å². The summed E-state index contributed by atoms with van der Waals surface area (Å²) in [5.41, 5.74) is 5.67. The van der Waals surface area contributed by atoms with E-state index in [4.69, 9.17) is 10.5 Å². The highest BCUT2D eigenvalue weighted by Gasteiger charge is 2.27. The standard InChI is InChI=1S/C12H21N5OS/c1-3-18-12-16-10(13)15-11(17-12)14-8-6-5-7-9(8)19-4-2/h8-9H,3-7H2,1-2H3,(H3,13,14,15,16,17). The minimum Gasteiger partial charge on any atom is -0.464 e. The van der Waals surface area contributed by atoms with Crippen LogP contribution in [0.5, 0.6) is 6.01 Å². The van der Waals surface area contributed by atoms with Crippen LogP contribution in [0.3, 0.4) is 0 Å². The molecule has 1 aromatic heterocycles. The lowest BCUT2D eigenvalue weighted by Gasteiger charge is -2.20. The number of hydrogen-bond acceptors (Lipinski definition) is 7. The lowest BCUT2D eigenvalue weighted by Crippen LogP contribution is -2.27. The highest BCUT2D eigenvalue weighted by Crippen LogP contribution is 2.31. The molecule has 19 heavy (non-hydrogen) atoms. The minimum absolute atomic E-state index is 0.193. The van der Waals surface area contributed by atoms with Gasteiger partial charge in [0, 0.05) is 11.3 Å².